The van der Waals surface area contributed by atoms with Crippen LogP contribution in [0.1, 0.15) is 19.8 Å². The molecule has 0 radical (unpaired) electrons. The molecule has 1 saturated carbocycles. The van der Waals surface area contributed by atoms with E-state index in [0.29, 0.717) is 4.75 Å². The number of hydrogen-bond donors (Lipinski definition) is 1. The van der Waals surface area contributed by atoms with Gasteiger partial charge in [0, 0.05) is 4.75 Å². The molecule has 1 rings (SSSR count). The van der Waals surface area contributed by atoms with Crippen molar-refractivity contribution < 1.29 is 5.11 Å². The topological polar surface area (TPSA) is 20.2 Å². The molecule has 0 saturated heterocycles. The fourth-order valence-electron chi connectivity index (χ4n) is 0.877. The second-order valence-corrected chi connectivity index (χ2v) is 4.09. The summed E-state index contributed by atoms with van der Waals surface area (Å²) in [5.41, 5.74) is 0. The molecule has 1 aliphatic carbocycles. The van der Waals surface area contributed by atoms with E-state index in [1.165, 1.54) is 12.8 Å². The first kappa shape index (κ1) is 8.15. The van der Waals surface area contributed by atoms with Crippen molar-refractivity contribution in [2.45, 2.75) is 30.6 Å². The summed E-state index contributed by atoms with van der Waals surface area (Å²) < 4.78 is 0.400. The Morgan fingerprint density at radius 1 is 1.60 bits per heavy atom. The summed E-state index contributed by atoms with van der Waals surface area (Å²) in [5, 5.41) is 8.94. The molecule has 2 heteroatoms. The molecule has 10 heavy (non-hydrogen) atoms. The summed E-state index contributed by atoms with van der Waals surface area (Å²) in [4.78, 5) is 0. The van der Waals surface area contributed by atoms with Crippen LogP contribution >= 0.6 is 11.8 Å². The number of hydrogen-bond acceptors (Lipinski definition) is 2. The summed E-state index contributed by atoms with van der Waals surface area (Å²) in [6, 6.07) is 0. The summed E-state index contributed by atoms with van der Waals surface area (Å²) >= 11 is 1.88. The average Bonchev–Trinajstić information content (AvgIpc) is 2.64. The normalized spacial score (nSPS) is 25.1. The SMILES string of the molecule is CSC1(/C=C/C(C)O)CC1. The maximum absolute atomic E-state index is 8.94. The van der Waals surface area contributed by atoms with E-state index < -0.39 is 0 Å². The molecule has 1 N–H and O–H groups in total. The summed E-state index contributed by atoms with van der Waals surface area (Å²) in [7, 11) is 0. The molecule has 0 aromatic rings. The minimum atomic E-state index is -0.287. The third-order valence-corrected chi connectivity index (χ3v) is 3.19. The van der Waals surface area contributed by atoms with Crippen molar-refractivity contribution in [1.29, 1.82) is 0 Å². The molecule has 0 amide bonds. The second kappa shape index (κ2) is 2.97. The molecule has 0 aromatic heterocycles. The first-order chi connectivity index (χ1) is 4.68. The van der Waals surface area contributed by atoms with Crippen LogP contribution in [0.2, 0.25) is 0 Å². The minimum absolute atomic E-state index is 0.287. The first-order valence-corrected chi connectivity index (χ1v) is 4.84. The smallest absolute Gasteiger partial charge is 0.0693 e. The van der Waals surface area contributed by atoms with Gasteiger partial charge in [0.15, 0.2) is 0 Å². The molecular formula is C8H14OS. The van der Waals surface area contributed by atoms with Crippen molar-refractivity contribution in [2.75, 3.05) is 6.26 Å². The lowest BCUT2D eigenvalue weighted by molar-refractivity contribution is 0.244. The molecule has 0 heterocycles. The molecule has 0 aliphatic heterocycles. The van der Waals surface area contributed by atoms with E-state index in [1.807, 2.05) is 17.8 Å². The number of aliphatic hydroxyl groups excluding tert-OH is 1. The maximum atomic E-state index is 8.94. The zero-order valence-corrected chi connectivity index (χ0v) is 7.32. The summed E-state index contributed by atoms with van der Waals surface area (Å²) in [6.45, 7) is 1.78. The molecule has 0 aromatic carbocycles. The van der Waals surface area contributed by atoms with Crippen LogP contribution in [0.5, 0.6) is 0 Å². The first-order valence-electron chi connectivity index (χ1n) is 3.61. The van der Waals surface area contributed by atoms with E-state index in [4.69, 9.17) is 5.11 Å². The van der Waals surface area contributed by atoms with Crippen LogP contribution in [0, 0.1) is 0 Å². The lowest BCUT2D eigenvalue weighted by atomic mass is 10.3. The maximum Gasteiger partial charge on any atom is 0.0693 e. The highest BCUT2D eigenvalue weighted by atomic mass is 32.2. The van der Waals surface area contributed by atoms with Gasteiger partial charge in [-0.3, -0.25) is 0 Å². The average molecular weight is 158 g/mol. The quantitative estimate of drug-likeness (QED) is 0.632. The molecule has 1 nitrogen and oxygen atoms in total. The van der Waals surface area contributed by atoms with E-state index in [0.717, 1.165) is 0 Å². The largest absolute Gasteiger partial charge is 0.389 e. The van der Waals surface area contributed by atoms with Crippen LogP contribution in [0.3, 0.4) is 0 Å². The van der Waals surface area contributed by atoms with Crippen LogP contribution in [0.15, 0.2) is 12.2 Å². The Labute approximate surface area is 66.5 Å². The van der Waals surface area contributed by atoms with E-state index in [1.54, 1.807) is 6.92 Å². The number of aliphatic hydroxyl groups is 1. The highest BCUT2D eigenvalue weighted by Gasteiger charge is 2.38. The molecule has 0 spiro atoms. The Morgan fingerprint density at radius 2 is 2.20 bits per heavy atom. The number of thioether (sulfide) groups is 1. The third-order valence-electron chi connectivity index (χ3n) is 1.83. The van der Waals surface area contributed by atoms with E-state index in [-0.39, 0.29) is 6.10 Å². The number of rotatable bonds is 3. The summed E-state index contributed by atoms with van der Waals surface area (Å²) in [6.07, 6.45) is 8.41. The molecule has 1 atom stereocenters. The van der Waals surface area contributed by atoms with Crippen LogP contribution in [-0.4, -0.2) is 22.2 Å². The van der Waals surface area contributed by atoms with Gasteiger partial charge in [0.05, 0.1) is 6.10 Å². The predicted octanol–water partition coefficient (Wildman–Crippen LogP) is 1.82. The zero-order valence-electron chi connectivity index (χ0n) is 6.50. The van der Waals surface area contributed by atoms with Crippen molar-refractivity contribution in [1.82, 2.24) is 0 Å². The molecule has 1 aliphatic rings. The standard InChI is InChI=1S/C8H14OS/c1-7(9)3-4-8(10-2)5-6-8/h3-4,7,9H,5-6H2,1-2H3/b4-3+. The Morgan fingerprint density at radius 3 is 2.50 bits per heavy atom. The fourth-order valence-corrected chi connectivity index (χ4v) is 1.60. The van der Waals surface area contributed by atoms with Crippen LogP contribution in [0.4, 0.5) is 0 Å². The lowest BCUT2D eigenvalue weighted by Crippen LogP contribution is -1.99. The highest BCUT2D eigenvalue weighted by molar-refractivity contribution is 8.00. The van der Waals surface area contributed by atoms with Crippen molar-refractivity contribution in [2.24, 2.45) is 0 Å². The molecule has 0 bridgehead atoms. The van der Waals surface area contributed by atoms with Crippen molar-refractivity contribution >= 4 is 11.8 Å². The Hall–Kier alpha value is 0.0500. The van der Waals surface area contributed by atoms with Gasteiger partial charge in [-0.15, -0.1) is 0 Å². The second-order valence-electron chi connectivity index (χ2n) is 2.87. The predicted molar refractivity (Wildman–Crippen MR) is 46.3 cm³/mol. The van der Waals surface area contributed by atoms with Gasteiger partial charge < -0.3 is 5.11 Å². The Kier molecular flexibility index (Phi) is 2.42. The van der Waals surface area contributed by atoms with E-state index in [2.05, 4.69) is 12.3 Å². The zero-order chi connectivity index (χ0) is 7.61. The van der Waals surface area contributed by atoms with Gasteiger partial charge in [-0.2, -0.15) is 11.8 Å². The van der Waals surface area contributed by atoms with Crippen LogP contribution in [-0.2, 0) is 0 Å². The highest BCUT2D eigenvalue weighted by Crippen LogP contribution is 2.48. The van der Waals surface area contributed by atoms with Gasteiger partial charge in [-0.1, -0.05) is 12.2 Å². The molecule has 1 unspecified atom stereocenters. The third kappa shape index (κ3) is 2.03. The lowest BCUT2D eigenvalue weighted by Gasteiger charge is -2.04. The summed E-state index contributed by atoms with van der Waals surface area (Å²) in [5.74, 6) is 0. The van der Waals surface area contributed by atoms with Crippen LogP contribution < -0.4 is 0 Å². The van der Waals surface area contributed by atoms with Gasteiger partial charge >= 0.3 is 0 Å². The Balaban J connectivity index is 2.36. The van der Waals surface area contributed by atoms with E-state index >= 15 is 0 Å². The van der Waals surface area contributed by atoms with Gasteiger partial charge in [0.1, 0.15) is 0 Å². The van der Waals surface area contributed by atoms with E-state index in [9.17, 15) is 0 Å². The molecule has 58 valence electrons. The minimum Gasteiger partial charge on any atom is -0.389 e. The monoisotopic (exact) mass is 158 g/mol. The molecule has 1 fully saturated rings. The van der Waals surface area contributed by atoms with Gasteiger partial charge in [-0.05, 0) is 26.0 Å². The van der Waals surface area contributed by atoms with Crippen LogP contribution in [0.25, 0.3) is 0 Å². The Bertz CT molecular complexity index is 136. The van der Waals surface area contributed by atoms with Gasteiger partial charge in [0.2, 0.25) is 0 Å². The van der Waals surface area contributed by atoms with Gasteiger partial charge in [-0.25, -0.2) is 0 Å². The molecular weight excluding hydrogens is 144 g/mol. The van der Waals surface area contributed by atoms with Crippen molar-refractivity contribution in [3.63, 3.8) is 0 Å². The fraction of sp³-hybridized carbons (Fsp3) is 0.750. The van der Waals surface area contributed by atoms with Crippen molar-refractivity contribution in [3.8, 4) is 0 Å². The van der Waals surface area contributed by atoms with Crippen molar-refractivity contribution in [3.05, 3.63) is 12.2 Å². The van der Waals surface area contributed by atoms with Gasteiger partial charge in [0.25, 0.3) is 0 Å².